The lowest BCUT2D eigenvalue weighted by molar-refractivity contribution is -0.131. The van der Waals surface area contributed by atoms with Crippen molar-refractivity contribution in [1.29, 1.82) is 0 Å². The van der Waals surface area contributed by atoms with Crippen molar-refractivity contribution in [2.24, 2.45) is 0 Å². The van der Waals surface area contributed by atoms with Gasteiger partial charge in [0.25, 0.3) is 0 Å². The smallest absolute Gasteiger partial charge is 0.236 e. The van der Waals surface area contributed by atoms with Gasteiger partial charge in [-0.25, -0.2) is 8.42 Å². The summed E-state index contributed by atoms with van der Waals surface area (Å²) in [5.74, 6) is 0.986. The van der Waals surface area contributed by atoms with Crippen molar-refractivity contribution in [3.05, 3.63) is 77.0 Å². The fourth-order valence-electron chi connectivity index (χ4n) is 3.48. The third kappa shape index (κ3) is 5.30. The average molecular weight is 453 g/mol. The molecule has 8 nitrogen and oxygen atoms in total. The first-order valence-electron chi connectivity index (χ1n) is 10.3. The molecule has 0 N–H and O–H groups in total. The number of hydrogen-bond donors (Lipinski definition) is 0. The summed E-state index contributed by atoms with van der Waals surface area (Å²) in [6.45, 7) is 3.04. The zero-order valence-corrected chi connectivity index (χ0v) is 18.5. The minimum absolute atomic E-state index is 0.0231. The number of amides is 1. The number of aromatic nitrogens is 2. The second kappa shape index (κ2) is 9.46. The van der Waals surface area contributed by atoms with Crippen molar-refractivity contribution in [3.63, 3.8) is 0 Å². The number of nitrogens with zero attached hydrogens (tertiary/aromatic N) is 4. The Morgan fingerprint density at radius 3 is 2.34 bits per heavy atom. The summed E-state index contributed by atoms with van der Waals surface area (Å²) in [4.78, 5) is 18.6. The van der Waals surface area contributed by atoms with Crippen molar-refractivity contribution in [2.45, 2.75) is 13.3 Å². The van der Waals surface area contributed by atoms with Crippen LogP contribution < -0.4 is 0 Å². The average Bonchev–Trinajstić information content (AvgIpc) is 3.25. The molecule has 0 saturated carbocycles. The van der Waals surface area contributed by atoms with Crippen LogP contribution in [0, 0.1) is 6.92 Å². The number of carbonyl (C=O) groups excluding carboxylic acids is 1. The lowest BCUT2D eigenvalue weighted by atomic mass is 10.1. The van der Waals surface area contributed by atoms with Gasteiger partial charge in [-0.2, -0.15) is 9.29 Å². The van der Waals surface area contributed by atoms with Gasteiger partial charge in [-0.3, -0.25) is 4.79 Å². The van der Waals surface area contributed by atoms with Crippen LogP contribution in [0.1, 0.15) is 17.0 Å². The molecular formula is C23H24N4O4S. The Hall–Kier alpha value is -3.30. The molecule has 0 spiro atoms. The highest BCUT2D eigenvalue weighted by atomic mass is 32.2. The van der Waals surface area contributed by atoms with Crippen molar-refractivity contribution in [1.82, 2.24) is 19.3 Å². The summed E-state index contributed by atoms with van der Waals surface area (Å²) >= 11 is 0. The molecule has 166 valence electrons. The SMILES string of the molecule is Cc1nc(-c2ccc(CC(=O)N3CCN(S(=O)(=O)/C=C/c4ccccc4)CC3)cc2)no1. The molecule has 0 aliphatic carbocycles. The van der Waals surface area contributed by atoms with Gasteiger partial charge < -0.3 is 9.42 Å². The molecule has 2 aromatic carbocycles. The monoisotopic (exact) mass is 452 g/mol. The number of benzene rings is 2. The fraction of sp³-hybridized carbons (Fsp3) is 0.261. The summed E-state index contributed by atoms with van der Waals surface area (Å²) in [6.07, 6.45) is 1.85. The van der Waals surface area contributed by atoms with Crippen LogP contribution in [0.2, 0.25) is 0 Å². The van der Waals surface area contributed by atoms with Gasteiger partial charge >= 0.3 is 0 Å². The second-order valence-corrected chi connectivity index (χ2v) is 9.37. The van der Waals surface area contributed by atoms with E-state index in [1.807, 2.05) is 54.6 Å². The van der Waals surface area contributed by atoms with E-state index in [0.29, 0.717) is 24.8 Å². The Morgan fingerprint density at radius 1 is 1.03 bits per heavy atom. The highest BCUT2D eigenvalue weighted by Gasteiger charge is 2.27. The molecule has 1 fully saturated rings. The van der Waals surface area contributed by atoms with Crippen LogP contribution in [0.5, 0.6) is 0 Å². The molecule has 3 aromatic rings. The number of aryl methyl sites for hydroxylation is 1. The van der Waals surface area contributed by atoms with E-state index in [2.05, 4.69) is 10.1 Å². The van der Waals surface area contributed by atoms with Crippen LogP contribution in [0.4, 0.5) is 0 Å². The van der Waals surface area contributed by atoms with E-state index < -0.39 is 10.0 Å². The maximum absolute atomic E-state index is 12.7. The second-order valence-electron chi connectivity index (χ2n) is 7.55. The summed E-state index contributed by atoms with van der Waals surface area (Å²) in [5.41, 5.74) is 2.52. The number of carbonyl (C=O) groups is 1. The minimum atomic E-state index is -3.52. The Balaban J connectivity index is 1.31. The van der Waals surface area contributed by atoms with Crippen molar-refractivity contribution in [3.8, 4) is 11.4 Å². The molecule has 0 bridgehead atoms. The highest BCUT2D eigenvalue weighted by molar-refractivity contribution is 7.92. The van der Waals surface area contributed by atoms with Gasteiger partial charge in [0.05, 0.1) is 6.42 Å². The zero-order chi connectivity index (χ0) is 22.6. The van der Waals surface area contributed by atoms with Gasteiger partial charge in [-0.05, 0) is 17.2 Å². The summed E-state index contributed by atoms with van der Waals surface area (Å²) in [7, 11) is -3.52. The molecule has 32 heavy (non-hydrogen) atoms. The van der Waals surface area contributed by atoms with Crippen LogP contribution in [0.3, 0.4) is 0 Å². The van der Waals surface area contributed by atoms with Crippen molar-refractivity contribution < 1.29 is 17.7 Å². The Labute approximate surface area is 187 Å². The lowest BCUT2D eigenvalue weighted by Gasteiger charge is -2.33. The Morgan fingerprint density at radius 2 is 1.72 bits per heavy atom. The van der Waals surface area contributed by atoms with E-state index >= 15 is 0 Å². The van der Waals surface area contributed by atoms with E-state index in [9.17, 15) is 13.2 Å². The van der Waals surface area contributed by atoms with E-state index in [4.69, 9.17) is 4.52 Å². The fourth-order valence-corrected chi connectivity index (χ4v) is 4.65. The molecular weight excluding hydrogens is 428 g/mol. The number of piperazine rings is 1. The molecule has 0 radical (unpaired) electrons. The van der Waals surface area contributed by atoms with Gasteiger partial charge in [-0.1, -0.05) is 59.8 Å². The van der Waals surface area contributed by atoms with E-state index in [0.717, 1.165) is 16.7 Å². The van der Waals surface area contributed by atoms with Crippen LogP contribution >= 0.6 is 0 Å². The first-order chi connectivity index (χ1) is 15.4. The molecule has 1 aliphatic heterocycles. The quantitative estimate of drug-likeness (QED) is 0.571. The highest BCUT2D eigenvalue weighted by Crippen LogP contribution is 2.18. The molecule has 1 aliphatic rings. The van der Waals surface area contributed by atoms with Gasteiger partial charge in [0, 0.05) is 44.1 Å². The Bertz CT molecular complexity index is 1200. The minimum Gasteiger partial charge on any atom is -0.340 e. The number of rotatable bonds is 6. The third-order valence-electron chi connectivity index (χ3n) is 5.28. The normalized spacial score (nSPS) is 15.3. The molecule has 2 heterocycles. The molecule has 0 atom stereocenters. The predicted molar refractivity (Wildman–Crippen MR) is 121 cm³/mol. The maximum Gasteiger partial charge on any atom is 0.236 e. The third-order valence-corrected chi connectivity index (χ3v) is 6.84. The van der Waals surface area contributed by atoms with E-state index in [-0.39, 0.29) is 25.4 Å². The van der Waals surface area contributed by atoms with Crippen molar-refractivity contribution in [2.75, 3.05) is 26.2 Å². The molecule has 4 rings (SSSR count). The predicted octanol–water partition coefficient (Wildman–Crippen LogP) is 2.73. The van der Waals surface area contributed by atoms with E-state index in [1.54, 1.807) is 17.9 Å². The van der Waals surface area contributed by atoms with Crippen molar-refractivity contribution >= 4 is 22.0 Å². The van der Waals surface area contributed by atoms with Gasteiger partial charge in [0.1, 0.15) is 0 Å². The zero-order valence-electron chi connectivity index (χ0n) is 17.7. The van der Waals surface area contributed by atoms with Crippen LogP contribution in [0.15, 0.2) is 64.5 Å². The molecule has 9 heteroatoms. The first kappa shape index (κ1) is 21.9. The Kier molecular flexibility index (Phi) is 6.48. The largest absolute Gasteiger partial charge is 0.340 e. The van der Waals surface area contributed by atoms with Gasteiger partial charge in [0.15, 0.2) is 0 Å². The molecule has 0 unspecified atom stereocenters. The number of sulfonamides is 1. The van der Waals surface area contributed by atoms with Crippen LogP contribution in [0.25, 0.3) is 17.5 Å². The van der Waals surface area contributed by atoms with Gasteiger partial charge in [-0.15, -0.1) is 0 Å². The summed E-state index contributed by atoms with van der Waals surface area (Å²) < 4.78 is 31.6. The summed E-state index contributed by atoms with van der Waals surface area (Å²) in [5, 5.41) is 5.12. The molecule has 1 amide bonds. The molecule has 1 saturated heterocycles. The van der Waals surface area contributed by atoms with Gasteiger partial charge in [0.2, 0.25) is 27.6 Å². The first-order valence-corrected chi connectivity index (χ1v) is 11.8. The lowest BCUT2D eigenvalue weighted by Crippen LogP contribution is -2.50. The van der Waals surface area contributed by atoms with E-state index in [1.165, 1.54) is 9.71 Å². The van der Waals surface area contributed by atoms with Crippen LogP contribution in [-0.4, -0.2) is 59.8 Å². The topological polar surface area (TPSA) is 96.6 Å². The maximum atomic E-state index is 12.7. The number of hydrogen-bond acceptors (Lipinski definition) is 6. The standard InChI is InChI=1S/C23H24N4O4S/c1-18-24-23(25-31-18)21-9-7-20(8-10-21)17-22(28)26-12-14-27(15-13-26)32(29,30)16-11-19-5-3-2-4-6-19/h2-11,16H,12-15,17H2,1H3/b16-11+. The molecule has 1 aromatic heterocycles. The van der Waals surface area contributed by atoms with Crippen LogP contribution in [-0.2, 0) is 21.2 Å². The summed E-state index contributed by atoms with van der Waals surface area (Å²) in [6, 6.07) is 16.7.